The summed E-state index contributed by atoms with van der Waals surface area (Å²) in [5.74, 6) is 2.19. The smallest absolute Gasteiger partial charge is 0.107 e. The average molecular weight is 351 g/mol. The van der Waals surface area contributed by atoms with E-state index in [-0.39, 0.29) is 5.60 Å². The second kappa shape index (κ2) is 8.70. The van der Waals surface area contributed by atoms with E-state index in [1.165, 1.54) is 0 Å². The fraction of sp³-hybridized carbons (Fsp3) is 0.810. The van der Waals surface area contributed by atoms with Crippen LogP contribution in [0.5, 0.6) is 0 Å². The lowest BCUT2D eigenvalue weighted by molar-refractivity contribution is -0.109. The number of hydrogen-bond donors (Lipinski definition) is 1. The third-order valence-electron chi connectivity index (χ3n) is 5.42. The summed E-state index contributed by atoms with van der Waals surface area (Å²) in [6, 6.07) is 4.10. The van der Waals surface area contributed by atoms with Crippen molar-refractivity contribution >= 4 is 0 Å². The van der Waals surface area contributed by atoms with Gasteiger partial charge in [-0.25, -0.2) is 0 Å². The first-order chi connectivity index (χ1) is 11.7. The number of hydrogen-bond acceptors (Lipinski definition) is 4. The maximum Gasteiger partial charge on any atom is 0.107 e. The van der Waals surface area contributed by atoms with Crippen LogP contribution in [0.3, 0.4) is 0 Å². The van der Waals surface area contributed by atoms with Crippen LogP contribution in [0.2, 0.25) is 0 Å². The molecule has 2 unspecified atom stereocenters. The van der Waals surface area contributed by atoms with E-state index in [2.05, 4.69) is 58.1 Å². The molecule has 1 aliphatic heterocycles. The van der Waals surface area contributed by atoms with Crippen LogP contribution < -0.4 is 5.32 Å². The first-order valence-corrected chi connectivity index (χ1v) is 9.76. The Morgan fingerprint density at radius 1 is 1.28 bits per heavy atom. The van der Waals surface area contributed by atoms with Gasteiger partial charge >= 0.3 is 0 Å². The van der Waals surface area contributed by atoms with Gasteiger partial charge in [0.05, 0.1) is 11.9 Å². The van der Waals surface area contributed by atoms with Crippen molar-refractivity contribution in [1.29, 1.82) is 0 Å². The highest BCUT2D eigenvalue weighted by atomic mass is 16.5. The molecule has 2 heterocycles. The Labute approximate surface area is 154 Å². The van der Waals surface area contributed by atoms with Crippen molar-refractivity contribution in [3.8, 4) is 0 Å². The second-order valence-electron chi connectivity index (χ2n) is 9.10. The lowest BCUT2D eigenvalue weighted by atomic mass is 9.73. The van der Waals surface area contributed by atoms with E-state index in [4.69, 9.17) is 9.15 Å². The molecule has 0 amide bonds. The van der Waals surface area contributed by atoms with Gasteiger partial charge in [-0.1, -0.05) is 13.8 Å². The number of rotatable bonds is 9. The van der Waals surface area contributed by atoms with Crippen LogP contribution in [0.15, 0.2) is 22.8 Å². The topological polar surface area (TPSA) is 37.6 Å². The summed E-state index contributed by atoms with van der Waals surface area (Å²) in [5, 5.41) is 3.76. The summed E-state index contributed by atoms with van der Waals surface area (Å²) in [6.45, 7) is 13.1. The molecule has 0 spiro atoms. The van der Waals surface area contributed by atoms with E-state index in [1.54, 1.807) is 6.26 Å². The van der Waals surface area contributed by atoms with Crippen molar-refractivity contribution in [2.45, 2.75) is 58.5 Å². The van der Waals surface area contributed by atoms with E-state index < -0.39 is 0 Å². The number of nitrogens with zero attached hydrogens (tertiary/aromatic N) is 1. The van der Waals surface area contributed by atoms with Crippen LogP contribution >= 0.6 is 0 Å². The zero-order chi connectivity index (χ0) is 18.5. The predicted octanol–water partition coefficient (Wildman–Crippen LogP) is 4.14. The van der Waals surface area contributed by atoms with E-state index >= 15 is 0 Å². The SMILES string of the molecule is CC(C)C(CCNCC1(CN(C)C)CCOC(C)(C)C1)c1ccco1. The molecule has 1 fully saturated rings. The maximum atomic E-state index is 5.97. The zero-order valence-corrected chi connectivity index (χ0v) is 17.1. The Morgan fingerprint density at radius 2 is 2.04 bits per heavy atom. The Kier molecular flexibility index (Phi) is 7.12. The quantitative estimate of drug-likeness (QED) is 0.679. The van der Waals surface area contributed by atoms with Crippen LogP contribution in [0.4, 0.5) is 0 Å². The second-order valence-corrected chi connectivity index (χ2v) is 9.10. The number of furan rings is 1. The van der Waals surface area contributed by atoms with Gasteiger partial charge in [-0.2, -0.15) is 0 Å². The van der Waals surface area contributed by atoms with E-state index in [0.717, 1.165) is 51.3 Å². The summed E-state index contributed by atoms with van der Waals surface area (Å²) in [5.41, 5.74) is 0.272. The molecule has 1 aromatic heterocycles. The largest absolute Gasteiger partial charge is 0.469 e. The zero-order valence-electron chi connectivity index (χ0n) is 17.1. The van der Waals surface area contributed by atoms with Gasteiger partial charge in [-0.15, -0.1) is 0 Å². The van der Waals surface area contributed by atoms with Crippen molar-refractivity contribution in [2.24, 2.45) is 11.3 Å². The highest BCUT2D eigenvalue weighted by Crippen LogP contribution is 2.39. The molecule has 25 heavy (non-hydrogen) atoms. The van der Waals surface area contributed by atoms with Gasteiger partial charge in [0.1, 0.15) is 5.76 Å². The standard InChI is InChI=1S/C21H38N2O2/c1-17(2)18(19-8-7-12-24-19)9-11-22-15-21(16-23(5)6)10-13-25-20(3,4)14-21/h7-8,12,17-18,22H,9-11,13-16H2,1-6H3. The van der Waals surface area contributed by atoms with E-state index in [9.17, 15) is 0 Å². The van der Waals surface area contributed by atoms with Crippen molar-refractivity contribution < 1.29 is 9.15 Å². The highest BCUT2D eigenvalue weighted by Gasteiger charge is 2.40. The Morgan fingerprint density at radius 3 is 2.60 bits per heavy atom. The highest BCUT2D eigenvalue weighted by molar-refractivity contribution is 5.06. The normalized spacial score (nSPS) is 24.8. The van der Waals surface area contributed by atoms with Gasteiger partial charge in [-0.05, 0) is 71.8 Å². The fourth-order valence-corrected chi connectivity index (χ4v) is 4.52. The van der Waals surface area contributed by atoms with Crippen LogP contribution in [0.1, 0.15) is 58.6 Å². The van der Waals surface area contributed by atoms with Crippen molar-refractivity contribution in [3.05, 3.63) is 24.2 Å². The third-order valence-corrected chi connectivity index (χ3v) is 5.42. The van der Waals surface area contributed by atoms with E-state index in [0.29, 0.717) is 17.3 Å². The molecule has 0 saturated carbocycles. The predicted molar refractivity (Wildman–Crippen MR) is 104 cm³/mol. The Balaban J connectivity index is 1.90. The molecule has 1 saturated heterocycles. The summed E-state index contributed by atoms with van der Waals surface area (Å²) in [7, 11) is 4.35. The van der Waals surface area contributed by atoms with Gasteiger partial charge in [0, 0.05) is 31.0 Å². The summed E-state index contributed by atoms with van der Waals surface area (Å²) < 4.78 is 11.6. The minimum Gasteiger partial charge on any atom is -0.469 e. The third kappa shape index (κ3) is 6.12. The van der Waals surface area contributed by atoms with Gasteiger partial charge in [0.2, 0.25) is 0 Å². The minimum absolute atomic E-state index is 0.0232. The first-order valence-electron chi connectivity index (χ1n) is 9.76. The molecule has 4 heteroatoms. The molecule has 2 rings (SSSR count). The van der Waals surface area contributed by atoms with Crippen molar-refractivity contribution in [3.63, 3.8) is 0 Å². The van der Waals surface area contributed by atoms with Crippen LogP contribution in [0, 0.1) is 11.3 Å². The number of ether oxygens (including phenoxy) is 1. The molecule has 0 aliphatic carbocycles. The summed E-state index contributed by atoms with van der Waals surface area (Å²) >= 11 is 0. The average Bonchev–Trinajstić information content (AvgIpc) is 2.98. The molecule has 1 aromatic rings. The van der Waals surface area contributed by atoms with Crippen LogP contribution in [0.25, 0.3) is 0 Å². The van der Waals surface area contributed by atoms with Gasteiger partial charge < -0.3 is 19.4 Å². The van der Waals surface area contributed by atoms with Crippen LogP contribution in [-0.4, -0.2) is 50.8 Å². The minimum atomic E-state index is -0.0232. The Bertz CT molecular complexity index is 496. The molecule has 1 aliphatic rings. The molecule has 0 radical (unpaired) electrons. The summed E-state index contributed by atoms with van der Waals surface area (Å²) in [6.07, 6.45) is 5.14. The monoisotopic (exact) mass is 350 g/mol. The molecule has 4 nitrogen and oxygen atoms in total. The Hall–Kier alpha value is -0.840. The van der Waals surface area contributed by atoms with Gasteiger partial charge in [0.25, 0.3) is 0 Å². The number of nitrogens with one attached hydrogen (secondary N) is 1. The lowest BCUT2D eigenvalue weighted by Gasteiger charge is -2.46. The molecule has 2 atom stereocenters. The van der Waals surface area contributed by atoms with Crippen molar-refractivity contribution in [2.75, 3.05) is 40.3 Å². The van der Waals surface area contributed by atoms with Gasteiger partial charge in [0.15, 0.2) is 0 Å². The lowest BCUT2D eigenvalue weighted by Crippen LogP contribution is -2.51. The van der Waals surface area contributed by atoms with Crippen LogP contribution in [-0.2, 0) is 4.74 Å². The molecule has 0 bridgehead atoms. The van der Waals surface area contributed by atoms with Crippen molar-refractivity contribution in [1.82, 2.24) is 10.2 Å². The molecule has 1 N–H and O–H groups in total. The first kappa shape index (κ1) is 20.5. The molecule has 144 valence electrons. The molecular formula is C21H38N2O2. The maximum absolute atomic E-state index is 5.97. The molecule has 0 aromatic carbocycles. The van der Waals surface area contributed by atoms with Gasteiger partial charge in [-0.3, -0.25) is 0 Å². The van der Waals surface area contributed by atoms with E-state index in [1.807, 2.05) is 6.07 Å². The molecular weight excluding hydrogens is 312 g/mol. The fourth-order valence-electron chi connectivity index (χ4n) is 4.52. The summed E-state index contributed by atoms with van der Waals surface area (Å²) in [4.78, 5) is 2.32.